The smallest absolute Gasteiger partial charge is 0.193 e. The molecule has 2 heterocycles. The molecule has 0 saturated carbocycles. The average Bonchev–Trinajstić information content (AvgIpc) is 3.29. The van der Waals surface area contributed by atoms with Gasteiger partial charge in [-0.25, -0.2) is 0 Å². The Kier molecular flexibility index (Phi) is 6.90. The molecule has 1 aliphatic rings. The molecule has 1 aromatic carbocycles. The van der Waals surface area contributed by atoms with E-state index in [1.807, 2.05) is 13.1 Å². The quantitative estimate of drug-likeness (QED) is 0.577. The maximum Gasteiger partial charge on any atom is 0.193 e. The molecule has 1 saturated heterocycles. The molecule has 1 aliphatic heterocycles. The number of benzene rings is 1. The number of nitrogens with zero attached hydrogens (tertiary/aromatic N) is 3. The summed E-state index contributed by atoms with van der Waals surface area (Å²) in [5.74, 6) is 2.47. The van der Waals surface area contributed by atoms with E-state index >= 15 is 0 Å². The van der Waals surface area contributed by atoms with Gasteiger partial charge in [-0.3, -0.25) is 4.99 Å². The molecular formula is C22H32N4O2S. The van der Waals surface area contributed by atoms with Crippen molar-refractivity contribution < 1.29 is 9.47 Å². The van der Waals surface area contributed by atoms with Crippen LogP contribution < -0.4 is 19.7 Å². The fourth-order valence-corrected chi connectivity index (χ4v) is 4.37. The Morgan fingerprint density at radius 2 is 1.83 bits per heavy atom. The molecule has 7 heteroatoms. The van der Waals surface area contributed by atoms with Crippen molar-refractivity contribution in [2.45, 2.75) is 19.3 Å². The molecule has 2 aromatic rings. The van der Waals surface area contributed by atoms with Gasteiger partial charge in [0.1, 0.15) is 0 Å². The Hall–Kier alpha value is -2.41. The zero-order valence-electron chi connectivity index (χ0n) is 18.1. The van der Waals surface area contributed by atoms with Gasteiger partial charge in [-0.05, 0) is 35.2 Å². The van der Waals surface area contributed by atoms with Gasteiger partial charge < -0.3 is 24.6 Å². The van der Waals surface area contributed by atoms with Crippen molar-refractivity contribution in [3.63, 3.8) is 0 Å². The van der Waals surface area contributed by atoms with Crippen molar-refractivity contribution in [2.75, 3.05) is 58.9 Å². The van der Waals surface area contributed by atoms with Gasteiger partial charge in [0.2, 0.25) is 0 Å². The second-order valence-corrected chi connectivity index (χ2v) is 8.71. The largest absolute Gasteiger partial charge is 0.493 e. The molecule has 1 aromatic heterocycles. The minimum Gasteiger partial charge on any atom is -0.493 e. The van der Waals surface area contributed by atoms with Crippen LogP contribution in [0.3, 0.4) is 0 Å². The zero-order chi connectivity index (χ0) is 20.9. The number of piperazine rings is 1. The Morgan fingerprint density at radius 3 is 2.41 bits per heavy atom. The van der Waals surface area contributed by atoms with Gasteiger partial charge in [0.05, 0.1) is 19.2 Å². The van der Waals surface area contributed by atoms with E-state index in [-0.39, 0.29) is 5.41 Å². The van der Waals surface area contributed by atoms with Crippen LogP contribution in [0, 0.1) is 0 Å². The van der Waals surface area contributed by atoms with Crippen molar-refractivity contribution in [2.24, 2.45) is 4.99 Å². The predicted molar refractivity (Wildman–Crippen MR) is 122 cm³/mol. The van der Waals surface area contributed by atoms with Crippen molar-refractivity contribution in [1.29, 1.82) is 0 Å². The number of rotatable bonds is 6. The third-order valence-electron chi connectivity index (χ3n) is 5.46. The van der Waals surface area contributed by atoms with E-state index in [0.29, 0.717) is 0 Å². The minimum absolute atomic E-state index is 0.0890. The topological polar surface area (TPSA) is 49.3 Å². The second kappa shape index (κ2) is 9.39. The molecule has 3 rings (SSSR count). The van der Waals surface area contributed by atoms with Crippen LogP contribution in [0.2, 0.25) is 0 Å². The Bertz CT molecular complexity index is 812. The number of nitrogens with one attached hydrogen (secondary N) is 1. The molecule has 0 aliphatic carbocycles. The third-order valence-corrected chi connectivity index (χ3v) is 6.39. The molecule has 6 nitrogen and oxygen atoms in total. The Morgan fingerprint density at radius 1 is 1.10 bits per heavy atom. The fraction of sp³-hybridized carbons (Fsp3) is 0.500. The number of methoxy groups -OCH3 is 2. The lowest BCUT2D eigenvalue weighted by Crippen LogP contribution is -2.53. The molecule has 0 atom stereocenters. The van der Waals surface area contributed by atoms with Crippen molar-refractivity contribution in [1.82, 2.24) is 10.2 Å². The van der Waals surface area contributed by atoms with Crippen LogP contribution in [-0.4, -0.2) is 64.9 Å². The molecule has 29 heavy (non-hydrogen) atoms. The summed E-state index contributed by atoms with van der Waals surface area (Å²) >= 11 is 1.80. The number of thiophene rings is 1. The summed E-state index contributed by atoms with van der Waals surface area (Å²) in [5.41, 5.74) is 1.11. The highest BCUT2D eigenvalue weighted by molar-refractivity contribution is 7.14. The van der Waals surface area contributed by atoms with Gasteiger partial charge in [-0.2, -0.15) is 0 Å². The summed E-state index contributed by atoms with van der Waals surface area (Å²) in [6.45, 7) is 9.19. The lowest BCUT2D eigenvalue weighted by molar-refractivity contribution is 0.352. The Balaban J connectivity index is 1.60. The summed E-state index contributed by atoms with van der Waals surface area (Å²) in [6, 6.07) is 10.4. The highest BCUT2D eigenvalue weighted by atomic mass is 32.1. The second-order valence-electron chi connectivity index (χ2n) is 7.78. The highest BCUT2D eigenvalue weighted by Gasteiger charge is 2.25. The average molecular weight is 417 g/mol. The monoisotopic (exact) mass is 416 g/mol. The highest BCUT2D eigenvalue weighted by Crippen LogP contribution is 2.33. The maximum atomic E-state index is 5.47. The van der Waals surface area contributed by atoms with E-state index < -0.39 is 0 Å². The van der Waals surface area contributed by atoms with Crippen LogP contribution >= 0.6 is 11.3 Å². The van der Waals surface area contributed by atoms with Crippen molar-refractivity contribution >= 4 is 22.3 Å². The molecule has 158 valence electrons. The van der Waals surface area contributed by atoms with Crippen LogP contribution in [0.1, 0.15) is 19.4 Å². The van der Waals surface area contributed by atoms with Gasteiger partial charge in [0.15, 0.2) is 17.5 Å². The van der Waals surface area contributed by atoms with E-state index in [1.54, 1.807) is 25.6 Å². The van der Waals surface area contributed by atoms with Gasteiger partial charge >= 0.3 is 0 Å². The fourth-order valence-electron chi connectivity index (χ4n) is 3.58. The molecule has 0 unspecified atom stereocenters. The first-order valence-corrected chi connectivity index (χ1v) is 10.8. The van der Waals surface area contributed by atoms with E-state index in [0.717, 1.165) is 50.2 Å². The van der Waals surface area contributed by atoms with Crippen LogP contribution in [0.15, 0.2) is 40.7 Å². The lowest BCUT2D eigenvalue weighted by Gasteiger charge is -2.38. The lowest BCUT2D eigenvalue weighted by atomic mass is 9.84. The molecule has 0 bridgehead atoms. The number of hydrogen-bond acceptors (Lipinski definition) is 5. The predicted octanol–water partition coefficient (Wildman–Crippen LogP) is 3.44. The first-order chi connectivity index (χ1) is 14.0. The number of ether oxygens (including phenoxy) is 2. The van der Waals surface area contributed by atoms with Crippen LogP contribution in [-0.2, 0) is 5.41 Å². The number of hydrogen-bond donors (Lipinski definition) is 1. The van der Waals surface area contributed by atoms with E-state index in [1.165, 1.54) is 10.6 Å². The van der Waals surface area contributed by atoms with Crippen molar-refractivity contribution in [3.8, 4) is 11.5 Å². The molecule has 1 fully saturated rings. The first kappa shape index (κ1) is 21.3. The summed E-state index contributed by atoms with van der Waals surface area (Å²) in [6.07, 6.45) is 0. The van der Waals surface area contributed by atoms with E-state index in [9.17, 15) is 0 Å². The summed E-state index contributed by atoms with van der Waals surface area (Å²) in [5, 5.41) is 7.07. The summed E-state index contributed by atoms with van der Waals surface area (Å²) in [4.78, 5) is 9.32. The maximum absolute atomic E-state index is 5.47. The zero-order valence-corrected chi connectivity index (χ0v) is 18.9. The minimum atomic E-state index is -0.0890. The number of anilines is 1. The van der Waals surface area contributed by atoms with Crippen LogP contribution in [0.25, 0.3) is 0 Å². The standard InChI is InChI=1S/C22H32N4O2S/c1-22(2,17-8-9-18(27-4)19(15-17)28-5)16-24-21(23-3)26-12-10-25(11-13-26)20-7-6-14-29-20/h6-9,14-15H,10-13,16H2,1-5H3,(H,23,24). The normalized spacial score (nSPS) is 15.4. The van der Waals surface area contributed by atoms with Gasteiger partial charge in [-0.1, -0.05) is 19.9 Å². The SMILES string of the molecule is CN=C(NCC(C)(C)c1ccc(OC)c(OC)c1)N1CCN(c2cccs2)CC1. The van der Waals surface area contributed by atoms with Gasteiger partial charge in [0.25, 0.3) is 0 Å². The first-order valence-electron chi connectivity index (χ1n) is 9.95. The molecule has 0 radical (unpaired) electrons. The molecule has 0 spiro atoms. The van der Waals surface area contributed by atoms with Gasteiger partial charge in [0, 0.05) is 45.2 Å². The number of aliphatic imine (C=N–C) groups is 1. The third kappa shape index (κ3) is 4.96. The van der Waals surface area contributed by atoms with Crippen LogP contribution in [0.5, 0.6) is 11.5 Å². The van der Waals surface area contributed by atoms with E-state index in [4.69, 9.17) is 9.47 Å². The van der Waals surface area contributed by atoms with Gasteiger partial charge in [-0.15, -0.1) is 11.3 Å². The molecule has 0 amide bonds. The molecular weight excluding hydrogens is 384 g/mol. The van der Waals surface area contributed by atoms with E-state index in [2.05, 4.69) is 63.6 Å². The Labute approximate surface area is 178 Å². The number of guanidine groups is 1. The summed E-state index contributed by atoms with van der Waals surface area (Å²) < 4.78 is 10.8. The molecule has 1 N–H and O–H groups in total. The van der Waals surface area contributed by atoms with Crippen LogP contribution in [0.4, 0.5) is 5.00 Å². The van der Waals surface area contributed by atoms with Crippen molar-refractivity contribution in [3.05, 3.63) is 41.3 Å². The summed E-state index contributed by atoms with van der Waals surface area (Å²) in [7, 11) is 5.19.